The lowest BCUT2D eigenvalue weighted by molar-refractivity contribution is -0.154. The van der Waals surface area contributed by atoms with Gasteiger partial charge in [0.2, 0.25) is 5.76 Å². The molecule has 1 aromatic carbocycles. The SMILES string of the molecule is CC(C)(C)OC(=O)C1=C(OC(C)(C)C)C(=O)OC1(CBr)c1ccc(Br)cc1. The Labute approximate surface area is 176 Å². The van der Waals surface area contributed by atoms with Crippen LogP contribution in [0.1, 0.15) is 47.1 Å². The summed E-state index contributed by atoms with van der Waals surface area (Å²) in [5.74, 6) is -1.44. The van der Waals surface area contributed by atoms with E-state index < -0.39 is 28.7 Å². The Hall–Kier alpha value is -1.34. The van der Waals surface area contributed by atoms with Crippen LogP contribution < -0.4 is 0 Å². The molecule has 0 radical (unpaired) electrons. The third-order valence-corrected chi connectivity index (χ3v) is 4.91. The first-order valence-electron chi connectivity index (χ1n) is 8.51. The fraction of sp³-hybridized carbons (Fsp3) is 0.500. The van der Waals surface area contributed by atoms with Gasteiger partial charge in [-0.25, -0.2) is 9.59 Å². The second kappa shape index (κ2) is 7.59. The van der Waals surface area contributed by atoms with Gasteiger partial charge in [-0.15, -0.1) is 0 Å². The van der Waals surface area contributed by atoms with Crippen molar-refractivity contribution in [2.45, 2.75) is 58.3 Å². The van der Waals surface area contributed by atoms with Crippen molar-refractivity contribution >= 4 is 43.8 Å². The molecule has 0 aromatic heterocycles. The van der Waals surface area contributed by atoms with Crippen LogP contribution >= 0.6 is 31.9 Å². The Kier molecular flexibility index (Phi) is 6.17. The molecule has 0 aliphatic carbocycles. The molecular formula is C20H24Br2O5. The summed E-state index contributed by atoms with van der Waals surface area (Å²) in [5.41, 5.74) is -2.05. The standard InChI is InChI=1S/C20H24Br2O5/c1-18(2,3)25-15-14(16(23)26-19(4,5)6)20(11-21,27-17(15)24)12-7-9-13(22)10-8-12/h7-10H,11H2,1-6H3. The van der Waals surface area contributed by atoms with E-state index in [1.807, 2.05) is 12.1 Å². The highest BCUT2D eigenvalue weighted by molar-refractivity contribution is 9.10. The van der Waals surface area contributed by atoms with Gasteiger partial charge in [-0.1, -0.05) is 44.0 Å². The topological polar surface area (TPSA) is 61.8 Å². The highest BCUT2D eigenvalue weighted by atomic mass is 79.9. The van der Waals surface area contributed by atoms with Crippen LogP contribution in [0.25, 0.3) is 0 Å². The molecule has 0 bridgehead atoms. The molecule has 1 unspecified atom stereocenters. The Morgan fingerprint density at radius 3 is 2.07 bits per heavy atom. The Morgan fingerprint density at radius 1 is 1.07 bits per heavy atom. The highest BCUT2D eigenvalue weighted by Crippen LogP contribution is 2.45. The number of alkyl halides is 1. The zero-order chi connectivity index (χ0) is 20.6. The smallest absolute Gasteiger partial charge is 0.375 e. The molecule has 0 spiro atoms. The van der Waals surface area contributed by atoms with E-state index in [2.05, 4.69) is 31.9 Å². The van der Waals surface area contributed by atoms with Crippen molar-refractivity contribution in [1.82, 2.24) is 0 Å². The van der Waals surface area contributed by atoms with Crippen LogP contribution in [-0.2, 0) is 29.4 Å². The average Bonchev–Trinajstić information content (AvgIpc) is 2.78. The molecule has 0 saturated carbocycles. The number of halogens is 2. The van der Waals surface area contributed by atoms with Crippen molar-refractivity contribution in [2.24, 2.45) is 0 Å². The van der Waals surface area contributed by atoms with Crippen molar-refractivity contribution in [3.05, 3.63) is 45.6 Å². The fourth-order valence-corrected chi connectivity index (χ4v) is 3.60. The van der Waals surface area contributed by atoms with Gasteiger partial charge < -0.3 is 14.2 Å². The van der Waals surface area contributed by atoms with Crippen LogP contribution in [0.5, 0.6) is 0 Å². The summed E-state index contributed by atoms with van der Waals surface area (Å²) >= 11 is 6.82. The molecule has 0 fully saturated rings. The van der Waals surface area contributed by atoms with Crippen LogP contribution in [0.3, 0.4) is 0 Å². The largest absolute Gasteiger partial charge is 0.480 e. The van der Waals surface area contributed by atoms with Crippen molar-refractivity contribution < 1.29 is 23.8 Å². The number of ether oxygens (including phenoxy) is 3. The summed E-state index contributed by atoms with van der Waals surface area (Å²) in [6.07, 6.45) is 0. The van der Waals surface area contributed by atoms with Gasteiger partial charge in [0.05, 0.1) is 5.33 Å². The molecule has 148 valence electrons. The maximum Gasteiger partial charge on any atom is 0.375 e. The lowest BCUT2D eigenvalue weighted by Gasteiger charge is -2.30. The minimum absolute atomic E-state index is 0.0662. The van der Waals surface area contributed by atoms with Gasteiger partial charge in [-0.3, -0.25) is 0 Å². The van der Waals surface area contributed by atoms with Crippen molar-refractivity contribution in [3.8, 4) is 0 Å². The normalized spacial score (nSPS) is 20.5. The van der Waals surface area contributed by atoms with E-state index in [0.29, 0.717) is 5.56 Å². The molecular weight excluding hydrogens is 480 g/mol. The maximum absolute atomic E-state index is 13.1. The molecule has 0 N–H and O–H groups in total. The number of rotatable bonds is 4. The number of benzene rings is 1. The van der Waals surface area contributed by atoms with Crippen LogP contribution in [0, 0.1) is 0 Å². The fourth-order valence-electron chi connectivity index (χ4n) is 2.62. The molecule has 1 atom stereocenters. The van der Waals surface area contributed by atoms with Gasteiger partial charge in [0.25, 0.3) is 0 Å². The second-order valence-electron chi connectivity index (χ2n) is 8.28. The van der Waals surface area contributed by atoms with E-state index in [1.54, 1.807) is 53.7 Å². The van der Waals surface area contributed by atoms with E-state index in [1.165, 1.54) is 0 Å². The molecule has 1 aliphatic rings. The van der Waals surface area contributed by atoms with E-state index in [4.69, 9.17) is 14.2 Å². The Bertz CT molecular complexity index is 769. The Morgan fingerprint density at radius 2 is 1.63 bits per heavy atom. The number of carbonyl (C=O) groups excluding carboxylic acids is 2. The van der Waals surface area contributed by atoms with Crippen molar-refractivity contribution in [1.29, 1.82) is 0 Å². The van der Waals surface area contributed by atoms with Crippen molar-refractivity contribution in [3.63, 3.8) is 0 Å². The molecule has 7 heteroatoms. The number of esters is 2. The van der Waals surface area contributed by atoms with Gasteiger partial charge in [0.15, 0.2) is 5.60 Å². The van der Waals surface area contributed by atoms with Crippen LogP contribution in [0.2, 0.25) is 0 Å². The first kappa shape index (κ1) is 22.0. The maximum atomic E-state index is 13.1. The van der Waals surface area contributed by atoms with Crippen LogP contribution in [-0.4, -0.2) is 28.5 Å². The monoisotopic (exact) mass is 502 g/mol. The molecule has 27 heavy (non-hydrogen) atoms. The summed E-state index contributed by atoms with van der Waals surface area (Å²) < 4.78 is 18.0. The molecule has 1 aromatic rings. The predicted molar refractivity (Wildman–Crippen MR) is 109 cm³/mol. The van der Waals surface area contributed by atoms with E-state index in [-0.39, 0.29) is 16.7 Å². The molecule has 0 saturated heterocycles. The number of cyclic esters (lactones) is 1. The van der Waals surface area contributed by atoms with Crippen LogP contribution in [0.4, 0.5) is 0 Å². The molecule has 1 aliphatic heterocycles. The average molecular weight is 504 g/mol. The predicted octanol–water partition coefficient (Wildman–Crippen LogP) is 5.01. The molecule has 1 heterocycles. The van der Waals surface area contributed by atoms with Crippen LogP contribution in [0.15, 0.2) is 40.1 Å². The quantitative estimate of drug-likeness (QED) is 0.427. The summed E-state index contributed by atoms with van der Waals surface area (Å²) in [6, 6.07) is 7.23. The first-order chi connectivity index (χ1) is 12.3. The Balaban J connectivity index is 2.69. The van der Waals surface area contributed by atoms with E-state index in [0.717, 1.165) is 4.47 Å². The summed E-state index contributed by atoms with van der Waals surface area (Å²) in [5, 5.41) is 0.180. The minimum atomic E-state index is -1.33. The third-order valence-electron chi connectivity index (χ3n) is 3.59. The van der Waals surface area contributed by atoms with E-state index in [9.17, 15) is 9.59 Å². The van der Waals surface area contributed by atoms with Gasteiger partial charge in [0, 0.05) is 10.0 Å². The van der Waals surface area contributed by atoms with Gasteiger partial charge in [0.1, 0.15) is 16.8 Å². The number of carbonyl (C=O) groups is 2. The number of hydrogen-bond acceptors (Lipinski definition) is 5. The first-order valence-corrected chi connectivity index (χ1v) is 10.4. The summed E-state index contributed by atoms with van der Waals surface area (Å²) in [6.45, 7) is 10.7. The summed E-state index contributed by atoms with van der Waals surface area (Å²) in [7, 11) is 0. The zero-order valence-corrected chi connectivity index (χ0v) is 19.5. The minimum Gasteiger partial charge on any atom is -0.480 e. The lowest BCUT2D eigenvalue weighted by Crippen LogP contribution is -2.37. The number of hydrogen-bond donors (Lipinski definition) is 0. The molecule has 2 rings (SSSR count). The molecule has 0 amide bonds. The summed E-state index contributed by atoms with van der Waals surface area (Å²) in [4.78, 5) is 25.8. The molecule has 5 nitrogen and oxygen atoms in total. The van der Waals surface area contributed by atoms with Gasteiger partial charge >= 0.3 is 11.9 Å². The van der Waals surface area contributed by atoms with Gasteiger partial charge in [-0.05, 0) is 53.7 Å². The van der Waals surface area contributed by atoms with E-state index >= 15 is 0 Å². The zero-order valence-electron chi connectivity index (χ0n) is 16.3. The second-order valence-corrected chi connectivity index (χ2v) is 9.75. The third kappa shape index (κ3) is 4.93. The highest BCUT2D eigenvalue weighted by Gasteiger charge is 2.54. The lowest BCUT2D eigenvalue weighted by atomic mass is 9.88. The van der Waals surface area contributed by atoms with Gasteiger partial charge in [-0.2, -0.15) is 0 Å². The van der Waals surface area contributed by atoms with Crippen molar-refractivity contribution in [2.75, 3.05) is 5.33 Å².